The minimum atomic E-state index is 0.653. The van der Waals surface area contributed by atoms with Crippen LogP contribution in [0.2, 0.25) is 0 Å². The Morgan fingerprint density at radius 1 is 0.300 bits per heavy atom. The average Bonchev–Trinajstić information content (AvgIpc) is 3.87. The van der Waals surface area contributed by atoms with Gasteiger partial charge in [-0.2, -0.15) is 0 Å². The van der Waals surface area contributed by atoms with Crippen LogP contribution in [0.5, 0.6) is 0 Å². The highest BCUT2D eigenvalue weighted by Gasteiger charge is 2.18. The number of para-hydroxylation sites is 2. The summed E-state index contributed by atoms with van der Waals surface area (Å²) in [5, 5.41) is 6.00. The Morgan fingerprint density at radius 3 is 1.57 bits per heavy atom. The van der Waals surface area contributed by atoms with E-state index < -0.39 is 0 Å². The van der Waals surface area contributed by atoms with Gasteiger partial charge in [0.05, 0.1) is 22.2 Å². The van der Waals surface area contributed by atoms with Crippen molar-refractivity contribution in [1.82, 2.24) is 14.5 Å². The summed E-state index contributed by atoms with van der Waals surface area (Å²) in [4.78, 5) is 10.6. The molecule has 60 heavy (non-hydrogen) atoms. The van der Waals surface area contributed by atoms with Gasteiger partial charge in [0.1, 0.15) is 0 Å². The summed E-state index contributed by atoms with van der Waals surface area (Å²) in [6, 6.07) is 76.3. The van der Waals surface area contributed by atoms with E-state index >= 15 is 0 Å². The van der Waals surface area contributed by atoms with Crippen LogP contribution in [0, 0.1) is 0 Å². The van der Waals surface area contributed by atoms with Crippen LogP contribution in [0.3, 0.4) is 0 Å². The van der Waals surface area contributed by atoms with Gasteiger partial charge in [-0.25, -0.2) is 9.97 Å². The molecule has 0 aliphatic carbocycles. The number of rotatable bonds is 6. The van der Waals surface area contributed by atoms with Crippen molar-refractivity contribution in [2.75, 3.05) is 0 Å². The van der Waals surface area contributed by atoms with Crippen LogP contribution in [0.4, 0.5) is 0 Å². The number of benzene rings is 9. The summed E-state index contributed by atoms with van der Waals surface area (Å²) < 4.78 is 4.88. The van der Waals surface area contributed by atoms with Crippen molar-refractivity contribution >= 4 is 64.2 Å². The fraction of sp³-hybridized carbons (Fsp3) is 0. The van der Waals surface area contributed by atoms with E-state index in [1.165, 1.54) is 64.3 Å². The van der Waals surface area contributed by atoms with Crippen molar-refractivity contribution in [2.45, 2.75) is 0 Å². The molecule has 0 spiro atoms. The molecular weight excluding hydrogens is 747 g/mol. The second kappa shape index (κ2) is 14.0. The zero-order chi connectivity index (χ0) is 39.6. The maximum Gasteiger partial charge on any atom is 0.235 e. The van der Waals surface area contributed by atoms with Crippen molar-refractivity contribution in [3.63, 3.8) is 0 Å². The van der Waals surface area contributed by atoms with Gasteiger partial charge in [-0.05, 0) is 93.0 Å². The van der Waals surface area contributed by atoms with E-state index in [0.717, 1.165) is 44.3 Å². The minimum absolute atomic E-state index is 0.653. The van der Waals surface area contributed by atoms with Gasteiger partial charge in [0.25, 0.3) is 0 Å². The molecule has 0 amide bonds. The summed E-state index contributed by atoms with van der Waals surface area (Å²) in [7, 11) is 0. The molecule has 0 N–H and O–H groups in total. The highest BCUT2D eigenvalue weighted by atomic mass is 32.1. The molecule has 12 rings (SSSR count). The highest BCUT2D eigenvalue weighted by molar-refractivity contribution is 7.25. The van der Waals surface area contributed by atoms with Gasteiger partial charge in [-0.3, -0.25) is 4.57 Å². The van der Waals surface area contributed by atoms with Crippen molar-refractivity contribution in [1.29, 1.82) is 0 Å². The van der Waals surface area contributed by atoms with Crippen LogP contribution in [-0.2, 0) is 0 Å². The van der Waals surface area contributed by atoms with E-state index in [4.69, 9.17) is 9.97 Å². The zero-order valence-electron chi connectivity index (χ0n) is 32.5. The second-order valence-electron chi connectivity index (χ2n) is 15.4. The first-order chi connectivity index (χ1) is 29.7. The smallest absolute Gasteiger partial charge is 0.235 e. The molecule has 0 fully saturated rings. The Bertz CT molecular complexity index is 3580. The zero-order valence-corrected chi connectivity index (χ0v) is 33.3. The number of aromatic nitrogens is 3. The van der Waals surface area contributed by atoms with Crippen molar-refractivity contribution < 1.29 is 0 Å². The van der Waals surface area contributed by atoms with Crippen LogP contribution in [0.25, 0.3) is 115 Å². The van der Waals surface area contributed by atoms with Crippen LogP contribution in [-0.4, -0.2) is 14.5 Å². The molecule has 3 heterocycles. The number of hydrogen-bond acceptors (Lipinski definition) is 3. The summed E-state index contributed by atoms with van der Waals surface area (Å²) >= 11 is 1.86. The van der Waals surface area contributed by atoms with E-state index in [0.29, 0.717) is 5.95 Å². The third-order valence-electron chi connectivity index (χ3n) is 11.9. The number of thiophene rings is 1. The van der Waals surface area contributed by atoms with Crippen molar-refractivity contribution in [3.05, 3.63) is 212 Å². The second-order valence-corrected chi connectivity index (χ2v) is 16.5. The first-order valence-electron chi connectivity index (χ1n) is 20.3. The van der Waals surface area contributed by atoms with Gasteiger partial charge in [0.15, 0.2) is 0 Å². The fourth-order valence-corrected chi connectivity index (χ4v) is 9.93. The summed E-state index contributed by atoms with van der Waals surface area (Å²) in [5.74, 6) is 0.653. The van der Waals surface area contributed by atoms with Gasteiger partial charge in [-0.15, -0.1) is 11.3 Å². The Balaban J connectivity index is 0.931. The lowest BCUT2D eigenvalue weighted by Gasteiger charge is -2.13. The fourth-order valence-electron chi connectivity index (χ4n) is 8.84. The maximum atomic E-state index is 5.41. The van der Waals surface area contributed by atoms with Gasteiger partial charge in [0.2, 0.25) is 5.95 Å². The third-order valence-corrected chi connectivity index (χ3v) is 13.0. The number of nitrogens with zero attached hydrogens (tertiary/aromatic N) is 3. The Labute approximate surface area is 351 Å². The molecule has 0 aliphatic rings. The molecule has 0 radical (unpaired) electrons. The first-order valence-corrected chi connectivity index (χ1v) is 21.1. The molecule has 4 heteroatoms. The molecule has 0 aliphatic heterocycles. The van der Waals surface area contributed by atoms with Gasteiger partial charge < -0.3 is 0 Å². The predicted octanol–water partition coefficient (Wildman–Crippen LogP) is 15.4. The molecule has 12 aromatic rings. The van der Waals surface area contributed by atoms with Crippen LogP contribution in [0.1, 0.15) is 0 Å². The first kappa shape index (κ1) is 34.4. The van der Waals surface area contributed by atoms with E-state index in [-0.39, 0.29) is 0 Å². The van der Waals surface area contributed by atoms with Crippen LogP contribution < -0.4 is 0 Å². The summed E-state index contributed by atoms with van der Waals surface area (Å²) in [5.41, 5.74) is 14.5. The third kappa shape index (κ3) is 5.80. The van der Waals surface area contributed by atoms with Gasteiger partial charge >= 0.3 is 0 Å². The molecule has 280 valence electrons. The Morgan fingerprint density at radius 2 is 0.800 bits per heavy atom. The SMILES string of the molecule is c1ccc(-c2ccc(-c3cccc(-c4nc(-n5c6ccccc6c6cc(-c7ccc(-c8ccc9sc%10ccccc%10c9c8)cc7)ccc65)nc5ccccc45)c3)cc2)cc1. The lowest BCUT2D eigenvalue weighted by molar-refractivity contribution is 1.01. The lowest BCUT2D eigenvalue weighted by Crippen LogP contribution is -2.03. The van der Waals surface area contributed by atoms with Gasteiger partial charge in [-0.1, -0.05) is 164 Å². The number of hydrogen-bond donors (Lipinski definition) is 0. The topological polar surface area (TPSA) is 30.7 Å². The molecule has 0 atom stereocenters. The quantitative estimate of drug-likeness (QED) is 0.168. The summed E-state index contributed by atoms with van der Waals surface area (Å²) in [6.45, 7) is 0. The van der Waals surface area contributed by atoms with Crippen molar-refractivity contribution in [3.8, 4) is 61.7 Å². The molecule has 0 saturated carbocycles. The van der Waals surface area contributed by atoms with Crippen LogP contribution in [0.15, 0.2) is 212 Å². The molecule has 3 nitrogen and oxygen atoms in total. The normalized spacial score (nSPS) is 11.7. The maximum absolute atomic E-state index is 5.41. The lowest BCUT2D eigenvalue weighted by atomic mass is 9.97. The average molecular weight is 782 g/mol. The monoisotopic (exact) mass is 781 g/mol. The largest absolute Gasteiger partial charge is 0.278 e. The van der Waals surface area contributed by atoms with Crippen molar-refractivity contribution in [2.24, 2.45) is 0 Å². The van der Waals surface area contributed by atoms with E-state index in [2.05, 4.69) is 217 Å². The molecule has 3 aromatic heterocycles. The minimum Gasteiger partial charge on any atom is -0.278 e. The molecule has 0 bridgehead atoms. The predicted molar refractivity (Wildman–Crippen MR) is 254 cm³/mol. The molecular formula is C56H35N3S. The van der Waals surface area contributed by atoms with Crippen LogP contribution >= 0.6 is 11.3 Å². The van der Waals surface area contributed by atoms with E-state index in [1.54, 1.807) is 0 Å². The van der Waals surface area contributed by atoms with E-state index in [9.17, 15) is 0 Å². The standard InChI is InChI=1S/C56H35N3S/c1-2-11-36(12-3-1)37-21-23-38(24-22-37)41-13-10-14-44(33-41)55-47-17-4-7-18-50(47)57-56(58-55)59-51-19-8-5-15-45(51)48-34-42(29-31-52(48)59)39-25-27-40(28-26-39)43-30-32-54-49(35-43)46-16-6-9-20-53(46)60-54/h1-35H. The highest BCUT2D eigenvalue weighted by Crippen LogP contribution is 2.39. The Kier molecular flexibility index (Phi) is 8.03. The van der Waals surface area contributed by atoms with E-state index in [1.807, 2.05) is 11.3 Å². The molecule has 0 saturated heterocycles. The summed E-state index contributed by atoms with van der Waals surface area (Å²) in [6.07, 6.45) is 0. The Hall–Kier alpha value is -7.66. The molecule has 9 aromatic carbocycles. The number of fused-ring (bicyclic) bond motifs is 7. The molecule has 0 unspecified atom stereocenters. The van der Waals surface area contributed by atoms with Gasteiger partial charge in [0, 0.05) is 41.9 Å².